The summed E-state index contributed by atoms with van der Waals surface area (Å²) in [5.74, 6) is 2.41. The zero-order chi connectivity index (χ0) is 16.0. The smallest absolute Gasteiger partial charge is 0.232 e. The maximum Gasteiger partial charge on any atom is 0.232 e. The second-order valence-electron chi connectivity index (χ2n) is 7.77. The molecule has 0 heterocycles. The number of anilines is 1. The van der Waals surface area contributed by atoms with Crippen molar-refractivity contribution in [2.45, 2.75) is 46.5 Å². The van der Waals surface area contributed by atoms with Crippen molar-refractivity contribution in [1.29, 1.82) is 0 Å². The predicted molar refractivity (Wildman–Crippen MR) is 91.3 cm³/mol. The lowest BCUT2D eigenvalue weighted by molar-refractivity contribution is -0.105. The molecule has 0 unspecified atom stereocenters. The van der Waals surface area contributed by atoms with E-state index in [1.807, 2.05) is 31.2 Å². The highest BCUT2D eigenvalue weighted by Gasteiger charge is 2.53. The topological polar surface area (TPSA) is 46.2 Å². The normalized spacial score (nSPS) is 29.7. The van der Waals surface area contributed by atoms with E-state index in [2.05, 4.69) is 18.6 Å². The van der Waals surface area contributed by atoms with Gasteiger partial charge in [0.2, 0.25) is 10.0 Å². The van der Waals surface area contributed by atoms with Gasteiger partial charge in [0.15, 0.2) is 0 Å². The number of rotatable bonds is 5. The highest BCUT2D eigenvalue weighted by molar-refractivity contribution is 7.92. The first-order valence-electron chi connectivity index (χ1n) is 8.35. The van der Waals surface area contributed by atoms with E-state index >= 15 is 0 Å². The average Bonchev–Trinajstić information content (AvgIpc) is 2.47. The summed E-state index contributed by atoms with van der Waals surface area (Å²) >= 11 is 0. The van der Waals surface area contributed by atoms with Crippen LogP contribution in [-0.2, 0) is 10.0 Å². The van der Waals surface area contributed by atoms with Crippen molar-refractivity contribution in [2.75, 3.05) is 10.5 Å². The molecular weight excluding hydrogens is 294 g/mol. The minimum Gasteiger partial charge on any atom is -0.284 e. The lowest BCUT2D eigenvalue weighted by atomic mass is 9.45. The van der Waals surface area contributed by atoms with Crippen LogP contribution in [0.1, 0.15) is 45.1 Å². The molecule has 3 atom stereocenters. The molecule has 0 aliphatic heterocycles. The molecule has 2 bridgehead atoms. The van der Waals surface area contributed by atoms with Crippen molar-refractivity contribution in [2.24, 2.45) is 23.2 Å². The van der Waals surface area contributed by atoms with Crippen LogP contribution in [0.2, 0.25) is 0 Å². The molecule has 1 N–H and O–H groups in total. The van der Waals surface area contributed by atoms with E-state index in [-0.39, 0.29) is 5.75 Å². The minimum absolute atomic E-state index is 0.239. The van der Waals surface area contributed by atoms with Gasteiger partial charge in [-0.05, 0) is 67.9 Å². The number of hydrogen-bond acceptors (Lipinski definition) is 2. The maximum absolute atomic E-state index is 12.3. The number of nitrogens with one attached hydrogen (secondary N) is 1. The fourth-order valence-corrected chi connectivity index (χ4v) is 5.68. The molecule has 4 rings (SSSR count). The summed E-state index contributed by atoms with van der Waals surface area (Å²) in [5, 5.41) is 0. The summed E-state index contributed by atoms with van der Waals surface area (Å²) in [4.78, 5) is 0. The zero-order valence-electron chi connectivity index (χ0n) is 13.8. The van der Waals surface area contributed by atoms with Gasteiger partial charge in [0.1, 0.15) is 0 Å². The quantitative estimate of drug-likeness (QED) is 0.883. The van der Waals surface area contributed by atoms with Gasteiger partial charge in [-0.15, -0.1) is 0 Å². The van der Waals surface area contributed by atoms with Crippen molar-refractivity contribution in [3.63, 3.8) is 0 Å². The first-order valence-corrected chi connectivity index (χ1v) is 10.0. The van der Waals surface area contributed by atoms with E-state index in [0.29, 0.717) is 17.0 Å². The molecule has 0 spiro atoms. The Kier molecular flexibility index (Phi) is 4.00. The van der Waals surface area contributed by atoms with Crippen LogP contribution >= 0.6 is 0 Å². The SMILES string of the molecule is Cc1ccc(NS(=O)(=O)CC[C@H]2CC[C@H]3C[C@@H]2C3(C)C)cc1. The molecule has 0 radical (unpaired) electrons. The Hall–Kier alpha value is -1.03. The van der Waals surface area contributed by atoms with Gasteiger partial charge in [-0.2, -0.15) is 0 Å². The van der Waals surface area contributed by atoms with Gasteiger partial charge in [-0.25, -0.2) is 8.42 Å². The second kappa shape index (κ2) is 5.55. The van der Waals surface area contributed by atoms with E-state index in [0.717, 1.165) is 23.8 Å². The van der Waals surface area contributed by atoms with E-state index < -0.39 is 10.0 Å². The molecule has 22 heavy (non-hydrogen) atoms. The third-order valence-corrected chi connectivity index (χ3v) is 7.40. The summed E-state index contributed by atoms with van der Waals surface area (Å²) in [5.41, 5.74) is 2.22. The number of fused-ring (bicyclic) bond motifs is 2. The fourth-order valence-electron chi connectivity index (χ4n) is 4.47. The highest BCUT2D eigenvalue weighted by atomic mass is 32.2. The molecule has 1 aromatic carbocycles. The standard InChI is InChI=1S/C18H27NO2S/c1-13-4-8-16(9-5-13)19-22(20,21)11-10-14-6-7-15-12-17(14)18(15,2)3/h4-5,8-9,14-15,17,19H,6-7,10-12H2,1-3H3/t14-,15+,17+/m1/s1. The molecule has 0 saturated heterocycles. The molecule has 3 aliphatic rings. The molecule has 4 heteroatoms. The first-order chi connectivity index (χ1) is 10.3. The Morgan fingerprint density at radius 2 is 1.86 bits per heavy atom. The van der Waals surface area contributed by atoms with Crippen LogP contribution in [0.4, 0.5) is 5.69 Å². The van der Waals surface area contributed by atoms with Gasteiger partial charge < -0.3 is 0 Å². The van der Waals surface area contributed by atoms with Crippen LogP contribution in [0.5, 0.6) is 0 Å². The average molecular weight is 321 g/mol. The van der Waals surface area contributed by atoms with Gasteiger partial charge in [-0.1, -0.05) is 31.5 Å². The van der Waals surface area contributed by atoms with Crippen molar-refractivity contribution in [3.8, 4) is 0 Å². The highest BCUT2D eigenvalue weighted by Crippen LogP contribution is 2.61. The molecule has 1 aromatic rings. The molecule has 3 aliphatic carbocycles. The number of benzene rings is 1. The summed E-state index contributed by atoms with van der Waals surface area (Å²) in [7, 11) is -3.24. The molecule has 122 valence electrons. The van der Waals surface area contributed by atoms with Crippen LogP contribution in [0.25, 0.3) is 0 Å². The maximum atomic E-state index is 12.3. The molecule has 0 amide bonds. The Morgan fingerprint density at radius 3 is 2.45 bits per heavy atom. The van der Waals surface area contributed by atoms with Crippen molar-refractivity contribution < 1.29 is 8.42 Å². The predicted octanol–water partition coefficient (Wildman–Crippen LogP) is 4.20. The second-order valence-corrected chi connectivity index (χ2v) is 9.62. The van der Waals surface area contributed by atoms with Gasteiger partial charge in [0.25, 0.3) is 0 Å². The Bertz CT molecular complexity index is 632. The Morgan fingerprint density at radius 1 is 1.18 bits per heavy atom. The largest absolute Gasteiger partial charge is 0.284 e. The third-order valence-electron chi connectivity index (χ3n) is 6.08. The van der Waals surface area contributed by atoms with Gasteiger partial charge in [0.05, 0.1) is 5.75 Å². The van der Waals surface area contributed by atoms with E-state index in [1.54, 1.807) is 0 Å². The molecule has 3 saturated carbocycles. The lowest BCUT2D eigenvalue weighted by Gasteiger charge is -2.60. The van der Waals surface area contributed by atoms with Crippen LogP contribution in [0, 0.1) is 30.1 Å². The molecular formula is C18H27NO2S. The van der Waals surface area contributed by atoms with Crippen LogP contribution in [0.3, 0.4) is 0 Å². The van der Waals surface area contributed by atoms with Crippen molar-refractivity contribution in [1.82, 2.24) is 0 Å². The number of hydrogen-bond donors (Lipinski definition) is 1. The number of aryl methyl sites for hydroxylation is 1. The summed E-state index contributed by atoms with van der Waals surface area (Å²) in [6.07, 6.45) is 4.59. The Balaban J connectivity index is 1.57. The third kappa shape index (κ3) is 3.03. The minimum atomic E-state index is -3.24. The van der Waals surface area contributed by atoms with Gasteiger partial charge in [-0.3, -0.25) is 4.72 Å². The fraction of sp³-hybridized carbons (Fsp3) is 0.667. The van der Waals surface area contributed by atoms with Crippen LogP contribution in [-0.4, -0.2) is 14.2 Å². The summed E-state index contributed by atoms with van der Waals surface area (Å²) in [6.45, 7) is 6.71. The Labute approximate surface area is 134 Å². The summed E-state index contributed by atoms with van der Waals surface area (Å²) in [6, 6.07) is 7.51. The molecule has 3 nitrogen and oxygen atoms in total. The van der Waals surface area contributed by atoms with Gasteiger partial charge >= 0.3 is 0 Å². The van der Waals surface area contributed by atoms with E-state index in [1.165, 1.54) is 19.3 Å². The monoisotopic (exact) mass is 321 g/mol. The van der Waals surface area contributed by atoms with Crippen LogP contribution < -0.4 is 4.72 Å². The molecule has 3 fully saturated rings. The lowest BCUT2D eigenvalue weighted by Crippen LogP contribution is -2.52. The zero-order valence-corrected chi connectivity index (χ0v) is 14.6. The van der Waals surface area contributed by atoms with E-state index in [9.17, 15) is 8.42 Å². The van der Waals surface area contributed by atoms with Crippen molar-refractivity contribution in [3.05, 3.63) is 29.8 Å². The van der Waals surface area contributed by atoms with E-state index in [4.69, 9.17) is 0 Å². The van der Waals surface area contributed by atoms with Crippen LogP contribution in [0.15, 0.2) is 24.3 Å². The number of sulfonamides is 1. The van der Waals surface area contributed by atoms with Crippen molar-refractivity contribution >= 4 is 15.7 Å². The summed E-state index contributed by atoms with van der Waals surface area (Å²) < 4.78 is 27.3. The first kappa shape index (κ1) is 15.9. The molecule has 0 aromatic heterocycles. The van der Waals surface area contributed by atoms with Gasteiger partial charge in [0, 0.05) is 5.69 Å².